The molecule has 1 aliphatic heterocycles. The number of rotatable bonds is 3. The number of halogens is 2. The fraction of sp³-hybridized carbons (Fsp3) is 0.188. The van der Waals surface area contributed by atoms with E-state index >= 15 is 0 Å². The smallest absolute Gasteiger partial charge is 0.168 e. The van der Waals surface area contributed by atoms with Crippen LogP contribution in [-0.4, -0.2) is 19.0 Å². The first-order valence-electron chi connectivity index (χ1n) is 6.50. The zero-order valence-corrected chi connectivity index (χ0v) is 13.4. The van der Waals surface area contributed by atoms with Crippen LogP contribution in [0.2, 0.25) is 5.02 Å². The van der Waals surface area contributed by atoms with Crippen molar-refractivity contribution in [1.82, 2.24) is 0 Å². The van der Waals surface area contributed by atoms with Gasteiger partial charge in [0.1, 0.15) is 13.2 Å². The van der Waals surface area contributed by atoms with Crippen LogP contribution in [0.1, 0.15) is 15.9 Å². The average Bonchev–Trinajstić information content (AvgIpc) is 2.46. The first kappa shape index (κ1) is 14.4. The standard InChI is InChI=1S/C16H12BrClO3/c17-13-9-16-15(20-4-5-21-16)8-12(13)14(19)7-10-2-1-3-11(18)6-10/h1-3,6,8-9H,4-5,7H2. The second-order valence-electron chi connectivity index (χ2n) is 4.71. The van der Waals surface area contributed by atoms with E-state index in [0.717, 1.165) is 5.56 Å². The summed E-state index contributed by atoms with van der Waals surface area (Å²) >= 11 is 9.36. The Morgan fingerprint density at radius 2 is 1.86 bits per heavy atom. The van der Waals surface area contributed by atoms with Crippen molar-refractivity contribution >= 4 is 33.3 Å². The summed E-state index contributed by atoms with van der Waals surface area (Å²) in [5.74, 6) is 1.27. The topological polar surface area (TPSA) is 35.5 Å². The summed E-state index contributed by atoms with van der Waals surface area (Å²) in [4.78, 5) is 12.5. The first-order valence-corrected chi connectivity index (χ1v) is 7.67. The predicted molar refractivity (Wildman–Crippen MR) is 84.6 cm³/mol. The van der Waals surface area contributed by atoms with E-state index in [-0.39, 0.29) is 5.78 Å². The highest BCUT2D eigenvalue weighted by molar-refractivity contribution is 9.10. The molecule has 0 aromatic heterocycles. The van der Waals surface area contributed by atoms with Crippen LogP contribution in [0.5, 0.6) is 11.5 Å². The zero-order chi connectivity index (χ0) is 14.8. The van der Waals surface area contributed by atoms with Gasteiger partial charge in [-0.15, -0.1) is 0 Å². The van der Waals surface area contributed by atoms with Crippen molar-refractivity contribution in [2.24, 2.45) is 0 Å². The molecule has 3 nitrogen and oxygen atoms in total. The van der Waals surface area contributed by atoms with Crippen molar-refractivity contribution < 1.29 is 14.3 Å². The summed E-state index contributed by atoms with van der Waals surface area (Å²) in [5, 5.41) is 0.626. The maximum absolute atomic E-state index is 12.5. The van der Waals surface area contributed by atoms with E-state index in [2.05, 4.69) is 15.9 Å². The minimum absolute atomic E-state index is 0.00103. The maximum atomic E-state index is 12.5. The molecule has 0 spiro atoms. The van der Waals surface area contributed by atoms with Crippen molar-refractivity contribution in [1.29, 1.82) is 0 Å². The monoisotopic (exact) mass is 366 g/mol. The van der Waals surface area contributed by atoms with Crippen LogP contribution in [0.15, 0.2) is 40.9 Å². The zero-order valence-electron chi connectivity index (χ0n) is 11.1. The van der Waals surface area contributed by atoms with Gasteiger partial charge in [-0.05, 0) is 45.8 Å². The van der Waals surface area contributed by atoms with Gasteiger partial charge in [0.15, 0.2) is 17.3 Å². The number of hydrogen-bond donors (Lipinski definition) is 0. The molecule has 0 amide bonds. The molecular formula is C16H12BrClO3. The molecule has 2 aromatic rings. The predicted octanol–water partition coefficient (Wildman–Crippen LogP) is 4.30. The van der Waals surface area contributed by atoms with Crippen molar-refractivity contribution in [2.45, 2.75) is 6.42 Å². The number of ether oxygens (including phenoxy) is 2. The normalized spacial score (nSPS) is 13.0. The Kier molecular flexibility index (Phi) is 4.17. The number of benzene rings is 2. The molecule has 1 aliphatic rings. The summed E-state index contributed by atoms with van der Waals surface area (Å²) < 4.78 is 11.7. The molecule has 0 unspecified atom stereocenters. The second-order valence-corrected chi connectivity index (χ2v) is 6.00. The van der Waals surface area contributed by atoms with E-state index in [1.54, 1.807) is 24.3 Å². The van der Waals surface area contributed by atoms with E-state index in [9.17, 15) is 4.79 Å². The van der Waals surface area contributed by atoms with Gasteiger partial charge in [0.05, 0.1) is 0 Å². The molecule has 5 heteroatoms. The van der Waals surface area contributed by atoms with Gasteiger partial charge < -0.3 is 9.47 Å². The lowest BCUT2D eigenvalue weighted by Crippen LogP contribution is -2.16. The van der Waals surface area contributed by atoms with E-state index in [1.165, 1.54) is 0 Å². The van der Waals surface area contributed by atoms with Crippen LogP contribution in [0.4, 0.5) is 0 Å². The van der Waals surface area contributed by atoms with E-state index in [0.29, 0.717) is 46.2 Å². The lowest BCUT2D eigenvalue weighted by atomic mass is 10.0. The van der Waals surface area contributed by atoms with Crippen molar-refractivity contribution in [3.05, 3.63) is 57.0 Å². The third-order valence-corrected chi connectivity index (χ3v) is 4.08. The Labute approximate surface area is 136 Å². The molecule has 0 radical (unpaired) electrons. The van der Waals surface area contributed by atoms with Gasteiger partial charge >= 0.3 is 0 Å². The number of carbonyl (C=O) groups excluding carboxylic acids is 1. The minimum Gasteiger partial charge on any atom is -0.486 e. The quantitative estimate of drug-likeness (QED) is 0.759. The highest BCUT2D eigenvalue weighted by atomic mass is 79.9. The number of carbonyl (C=O) groups is 1. The van der Waals surface area contributed by atoms with Gasteiger partial charge in [0.25, 0.3) is 0 Å². The third kappa shape index (κ3) is 3.22. The van der Waals surface area contributed by atoms with E-state index < -0.39 is 0 Å². The summed E-state index contributed by atoms with van der Waals surface area (Å²) in [6.07, 6.45) is 0.290. The van der Waals surface area contributed by atoms with Gasteiger partial charge in [-0.1, -0.05) is 23.7 Å². The highest BCUT2D eigenvalue weighted by Gasteiger charge is 2.18. The fourth-order valence-corrected chi connectivity index (χ4v) is 2.96. The lowest BCUT2D eigenvalue weighted by molar-refractivity contribution is 0.0991. The molecule has 0 aliphatic carbocycles. The number of Topliss-reactive ketones (excluding diaryl/α,β-unsaturated/α-hetero) is 1. The van der Waals surface area contributed by atoms with E-state index in [4.69, 9.17) is 21.1 Å². The van der Waals surface area contributed by atoms with Crippen LogP contribution < -0.4 is 9.47 Å². The Balaban J connectivity index is 1.87. The first-order chi connectivity index (χ1) is 10.1. The molecule has 3 rings (SSSR count). The van der Waals surface area contributed by atoms with Gasteiger partial charge in [-0.25, -0.2) is 0 Å². The Morgan fingerprint density at radius 3 is 2.57 bits per heavy atom. The van der Waals surface area contributed by atoms with Crippen molar-refractivity contribution in [3.8, 4) is 11.5 Å². The third-order valence-electron chi connectivity index (χ3n) is 3.19. The maximum Gasteiger partial charge on any atom is 0.168 e. The molecular weight excluding hydrogens is 356 g/mol. The number of ketones is 1. The minimum atomic E-state index is 0.00103. The summed E-state index contributed by atoms with van der Waals surface area (Å²) in [6.45, 7) is 1.02. The molecule has 0 saturated heterocycles. The summed E-state index contributed by atoms with van der Waals surface area (Å²) in [7, 11) is 0. The molecule has 21 heavy (non-hydrogen) atoms. The number of fused-ring (bicyclic) bond motifs is 1. The van der Waals surface area contributed by atoms with Crippen molar-refractivity contribution in [3.63, 3.8) is 0 Å². The Bertz CT molecular complexity index is 700. The largest absolute Gasteiger partial charge is 0.486 e. The Hall–Kier alpha value is -1.52. The Morgan fingerprint density at radius 1 is 1.14 bits per heavy atom. The van der Waals surface area contributed by atoms with Crippen LogP contribution in [0.3, 0.4) is 0 Å². The molecule has 1 heterocycles. The summed E-state index contributed by atoms with van der Waals surface area (Å²) in [5.41, 5.74) is 1.47. The van der Waals surface area contributed by atoms with Gasteiger partial charge in [0, 0.05) is 21.5 Å². The van der Waals surface area contributed by atoms with Crippen LogP contribution in [0, 0.1) is 0 Å². The number of hydrogen-bond acceptors (Lipinski definition) is 3. The van der Waals surface area contributed by atoms with Gasteiger partial charge in [-0.2, -0.15) is 0 Å². The molecule has 0 bridgehead atoms. The molecule has 0 saturated carbocycles. The van der Waals surface area contributed by atoms with E-state index in [1.807, 2.05) is 12.1 Å². The summed E-state index contributed by atoms with van der Waals surface area (Å²) in [6, 6.07) is 10.8. The molecule has 0 atom stereocenters. The van der Waals surface area contributed by atoms with Crippen LogP contribution >= 0.6 is 27.5 Å². The van der Waals surface area contributed by atoms with Crippen LogP contribution in [-0.2, 0) is 6.42 Å². The van der Waals surface area contributed by atoms with Gasteiger partial charge in [-0.3, -0.25) is 4.79 Å². The SMILES string of the molecule is O=C(Cc1cccc(Cl)c1)c1cc2c(cc1Br)OCCO2. The molecule has 0 fully saturated rings. The molecule has 0 N–H and O–H groups in total. The highest BCUT2D eigenvalue weighted by Crippen LogP contribution is 2.36. The second kappa shape index (κ2) is 6.08. The van der Waals surface area contributed by atoms with Gasteiger partial charge in [0.2, 0.25) is 0 Å². The van der Waals surface area contributed by atoms with Crippen LogP contribution in [0.25, 0.3) is 0 Å². The lowest BCUT2D eigenvalue weighted by Gasteiger charge is -2.19. The fourth-order valence-electron chi connectivity index (χ4n) is 2.21. The molecule has 2 aromatic carbocycles. The van der Waals surface area contributed by atoms with Crippen molar-refractivity contribution in [2.75, 3.05) is 13.2 Å². The molecule has 108 valence electrons. The average molecular weight is 368 g/mol.